The maximum Gasteiger partial charge on any atom is 0.231 e. The molecule has 0 saturated heterocycles. The van der Waals surface area contributed by atoms with Crippen molar-refractivity contribution in [2.75, 3.05) is 11.9 Å². The van der Waals surface area contributed by atoms with Gasteiger partial charge in [-0.2, -0.15) is 0 Å². The first kappa shape index (κ1) is 14.3. The topological polar surface area (TPSA) is 55.4 Å². The molecule has 0 spiro atoms. The van der Waals surface area contributed by atoms with E-state index in [1.807, 2.05) is 24.3 Å². The Balaban J connectivity index is 1.66. The fraction of sp³-hybridized carbons (Fsp3) is 0.222. The Morgan fingerprint density at radius 2 is 1.82 bits per heavy atom. The van der Waals surface area contributed by atoms with Gasteiger partial charge < -0.3 is 10.1 Å². The highest BCUT2D eigenvalue weighted by molar-refractivity contribution is 5.96. The lowest BCUT2D eigenvalue weighted by molar-refractivity contribution is -0.121. The number of Topliss-reactive ketones (excluding diaryl/α,β-unsaturated/α-hetero) is 1. The molecule has 0 fully saturated rings. The number of ether oxygens (including phenoxy) is 1. The predicted molar refractivity (Wildman–Crippen MR) is 84.2 cm³/mol. The van der Waals surface area contributed by atoms with Crippen molar-refractivity contribution in [2.24, 2.45) is 5.92 Å². The van der Waals surface area contributed by atoms with Crippen LogP contribution in [0, 0.1) is 5.92 Å². The number of benzene rings is 2. The van der Waals surface area contributed by atoms with Crippen LogP contribution in [-0.2, 0) is 11.2 Å². The van der Waals surface area contributed by atoms with E-state index in [0.29, 0.717) is 24.3 Å². The highest BCUT2D eigenvalue weighted by atomic mass is 16.5. The van der Waals surface area contributed by atoms with E-state index in [0.717, 1.165) is 11.3 Å². The van der Waals surface area contributed by atoms with Crippen LogP contribution in [0.2, 0.25) is 0 Å². The van der Waals surface area contributed by atoms with Crippen LogP contribution in [0.15, 0.2) is 48.5 Å². The third-order valence-electron chi connectivity index (χ3n) is 3.81. The molecular weight excluding hydrogens is 278 g/mol. The van der Waals surface area contributed by atoms with Gasteiger partial charge in [-0.05, 0) is 49.2 Å². The minimum Gasteiger partial charge on any atom is -0.492 e. The number of carbonyl (C=O) groups is 2. The van der Waals surface area contributed by atoms with Crippen LogP contribution in [0.4, 0.5) is 5.69 Å². The quantitative estimate of drug-likeness (QED) is 0.885. The zero-order valence-electron chi connectivity index (χ0n) is 12.3. The maximum absolute atomic E-state index is 12.3. The van der Waals surface area contributed by atoms with Gasteiger partial charge in [0.05, 0.1) is 5.92 Å². The van der Waals surface area contributed by atoms with Crippen molar-refractivity contribution in [3.8, 4) is 5.75 Å². The number of carbonyl (C=O) groups excluding carboxylic acids is 2. The summed E-state index contributed by atoms with van der Waals surface area (Å²) in [7, 11) is 0. The van der Waals surface area contributed by atoms with E-state index in [4.69, 9.17) is 4.74 Å². The molecule has 0 aliphatic carbocycles. The largest absolute Gasteiger partial charge is 0.492 e. The molecule has 112 valence electrons. The molecule has 1 aliphatic rings. The number of amides is 1. The fourth-order valence-corrected chi connectivity index (χ4v) is 2.53. The molecule has 0 radical (unpaired) electrons. The molecule has 0 bridgehead atoms. The molecule has 3 rings (SSSR count). The number of ketones is 1. The average molecular weight is 295 g/mol. The van der Waals surface area contributed by atoms with Crippen molar-refractivity contribution in [3.05, 3.63) is 59.7 Å². The molecule has 2 aromatic carbocycles. The molecule has 1 atom stereocenters. The number of para-hydroxylation sites is 1. The van der Waals surface area contributed by atoms with Crippen LogP contribution < -0.4 is 10.1 Å². The Morgan fingerprint density at radius 1 is 1.09 bits per heavy atom. The first-order valence-electron chi connectivity index (χ1n) is 7.26. The number of nitrogens with one attached hydrogen (secondary N) is 1. The smallest absolute Gasteiger partial charge is 0.231 e. The first-order valence-corrected chi connectivity index (χ1v) is 7.26. The molecule has 2 aromatic rings. The SMILES string of the molecule is CC(=O)c1ccc(NC(=O)[C@H]2COc3ccccc3C2)cc1. The van der Waals surface area contributed by atoms with E-state index >= 15 is 0 Å². The summed E-state index contributed by atoms with van der Waals surface area (Å²) in [5.74, 6) is 0.597. The van der Waals surface area contributed by atoms with Gasteiger partial charge in [0.25, 0.3) is 0 Å². The number of hydrogen-bond acceptors (Lipinski definition) is 3. The average Bonchev–Trinajstić information content (AvgIpc) is 2.55. The van der Waals surface area contributed by atoms with Crippen molar-refractivity contribution in [1.82, 2.24) is 0 Å². The van der Waals surface area contributed by atoms with E-state index in [-0.39, 0.29) is 17.6 Å². The molecule has 22 heavy (non-hydrogen) atoms. The van der Waals surface area contributed by atoms with Crippen LogP contribution in [0.25, 0.3) is 0 Å². The lowest BCUT2D eigenvalue weighted by Crippen LogP contribution is -2.32. The fourth-order valence-electron chi connectivity index (χ4n) is 2.53. The summed E-state index contributed by atoms with van der Waals surface area (Å²) in [6.07, 6.45) is 0.674. The Hall–Kier alpha value is -2.62. The van der Waals surface area contributed by atoms with Crippen molar-refractivity contribution in [2.45, 2.75) is 13.3 Å². The number of anilines is 1. The summed E-state index contributed by atoms with van der Waals surface area (Å²) in [6.45, 7) is 1.90. The molecule has 0 aromatic heterocycles. The summed E-state index contributed by atoms with van der Waals surface area (Å²) < 4.78 is 5.64. The summed E-state index contributed by atoms with van der Waals surface area (Å²) in [5, 5.41) is 2.88. The predicted octanol–water partition coefficient (Wildman–Crippen LogP) is 3.08. The van der Waals surface area contributed by atoms with Crippen LogP contribution in [0.5, 0.6) is 5.75 Å². The van der Waals surface area contributed by atoms with E-state index in [1.54, 1.807) is 24.3 Å². The van der Waals surface area contributed by atoms with Crippen molar-refractivity contribution < 1.29 is 14.3 Å². The summed E-state index contributed by atoms with van der Waals surface area (Å²) in [4.78, 5) is 23.6. The Morgan fingerprint density at radius 3 is 2.55 bits per heavy atom. The lowest BCUT2D eigenvalue weighted by Gasteiger charge is -2.24. The van der Waals surface area contributed by atoms with Gasteiger partial charge >= 0.3 is 0 Å². The van der Waals surface area contributed by atoms with Gasteiger partial charge in [0.1, 0.15) is 12.4 Å². The van der Waals surface area contributed by atoms with Crippen LogP contribution in [0.3, 0.4) is 0 Å². The monoisotopic (exact) mass is 295 g/mol. The third kappa shape index (κ3) is 3.01. The van der Waals surface area contributed by atoms with Crippen molar-refractivity contribution >= 4 is 17.4 Å². The number of rotatable bonds is 3. The zero-order chi connectivity index (χ0) is 15.5. The van der Waals surface area contributed by atoms with Gasteiger partial charge in [-0.3, -0.25) is 9.59 Å². The van der Waals surface area contributed by atoms with Crippen LogP contribution >= 0.6 is 0 Å². The molecule has 4 heteroatoms. The molecule has 4 nitrogen and oxygen atoms in total. The Labute approximate surface area is 129 Å². The van der Waals surface area contributed by atoms with Gasteiger partial charge in [-0.25, -0.2) is 0 Å². The Kier molecular flexibility index (Phi) is 3.92. The second-order valence-corrected chi connectivity index (χ2v) is 5.44. The highest BCUT2D eigenvalue weighted by Gasteiger charge is 2.25. The lowest BCUT2D eigenvalue weighted by atomic mass is 9.96. The molecule has 0 unspecified atom stereocenters. The second kappa shape index (κ2) is 6.02. The third-order valence-corrected chi connectivity index (χ3v) is 3.81. The molecule has 1 aliphatic heterocycles. The van der Waals surface area contributed by atoms with Gasteiger partial charge in [0.2, 0.25) is 5.91 Å². The minimum absolute atomic E-state index is 0.00941. The van der Waals surface area contributed by atoms with Crippen molar-refractivity contribution in [1.29, 1.82) is 0 Å². The summed E-state index contributed by atoms with van der Waals surface area (Å²) in [6, 6.07) is 14.7. The molecule has 1 heterocycles. The molecule has 1 amide bonds. The van der Waals surface area contributed by atoms with Crippen LogP contribution in [0.1, 0.15) is 22.8 Å². The van der Waals surface area contributed by atoms with E-state index in [2.05, 4.69) is 5.32 Å². The van der Waals surface area contributed by atoms with Gasteiger partial charge in [0.15, 0.2) is 5.78 Å². The molecule has 0 saturated carbocycles. The summed E-state index contributed by atoms with van der Waals surface area (Å²) >= 11 is 0. The number of hydrogen-bond donors (Lipinski definition) is 1. The number of fused-ring (bicyclic) bond motifs is 1. The van der Waals surface area contributed by atoms with Gasteiger partial charge in [-0.15, -0.1) is 0 Å². The molecule has 1 N–H and O–H groups in total. The molecular formula is C18H17NO3. The second-order valence-electron chi connectivity index (χ2n) is 5.44. The summed E-state index contributed by atoms with van der Waals surface area (Å²) in [5.41, 5.74) is 2.38. The highest BCUT2D eigenvalue weighted by Crippen LogP contribution is 2.27. The van der Waals surface area contributed by atoms with E-state index in [1.165, 1.54) is 6.92 Å². The Bertz CT molecular complexity index is 707. The van der Waals surface area contributed by atoms with Crippen LogP contribution in [-0.4, -0.2) is 18.3 Å². The van der Waals surface area contributed by atoms with Crippen molar-refractivity contribution in [3.63, 3.8) is 0 Å². The van der Waals surface area contributed by atoms with Gasteiger partial charge in [-0.1, -0.05) is 18.2 Å². The maximum atomic E-state index is 12.3. The van der Waals surface area contributed by atoms with Gasteiger partial charge in [0, 0.05) is 11.3 Å². The normalized spacial score (nSPS) is 16.3. The zero-order valence-corrected chi connectivity index (χ0v) is 12.3. The first-order chi connectivity index (χ1) is 10.6. The van der Waals surface area contributed by atoms with E-state index in [9.17, 15) is 9.59 Å². The van der Waals surface area contributed by atoms with E-state index < -0.39 is 0 Å². The standard InChI is InChI=1S/C18H17NO3/c1-12(20)13-6-8-16(9-7-13)19-18(21)15-10-14-4-2-3-5-17(14)22-11-15/h2-9,15H,10-11H2,1H3,(H,19,21)/t15-/m1/s1. The minimum atomic E-state index is -0.206.